The molecule has 122 valence electrons. The van der Waals surface area contributed by atoms with Crippen LogP contribution in [0.2, 0.25) is 0 Å². The summed E-state index contributed by atoms with van der Waals surface area (Å²) in [6.45, 7) is 7.01. The lowest BCUT2D eigenvalue weighted by atomic mass is 10.1. The standard InChI is InChI=1S/C18H24N4O/c1-18(2,3)22-17(19)21-12-15-10-7-11-20-16(15)23-13-14-8-5-4-6-9-14/h4-11H,12-13H2,1-3H3,(H3,19,21,22). The Morgan fingerprint density at radius 1 is 1.17 bits per heavy atom. The highest BCUT2D eigenvalue weighted by atomic mass is 16.5. The maximum absolute atomic E-state index is 5.90. The minimum atomic E-state index is -0.116. The first-order valence-corrected chi connectivity index (χ1v) is 7.63. The normalized spacial score (nSPS) is 12.0. The summed E-state index contributed by atoms with van der Waals surface area (Å²) in [4.78, 5) is 8.65. The number of ether oxygens (including phenoxy) is 1. The SMILES string of the molecule is CC(C)(C)NC(N)=NCc1cccnc1OCc1ccccc1. The summed E-state index contributed by atoms with van der Waals surface area (Å²) in [5, 5.41) is 3.13. The number of aliphatic imine (C=N–C) groups is 1. The third-order valence-electron chi connectivity index (χ3n) is 2.99. The van der Waals surface area contributed by atoms with Crippen LogP contribution in [0.25, 0.3) is 0 Å². The highest BCUT2D eigenvalue weighted by molar-refractivity contribution is 5.78. The first kappa shape index (κ1) is 16.8. The van der Waals surface area contributed by atoms with Gasteiger partial charge in [-0.2, -0.15) is 0 Å². The molecule has 1 aromatic heterocycles. The smallest absolute Gasteiger partial charge is 0.218 e. The Bertz CT molecular complexity index is 648. The van der Waals surface area contributed by atoms with E-state index in [1.807, 2.05) is 63.2 Å². The largest absolute Gasteiger partial charge is 0.473 e. The molecule has 0 aliphatic rings. The number of guanidine groups is 1. The molecular weight excluding hydrogens is 288 g/mol. The summed E-state index contributed by atoms with van der Waals surface area (Å²) in [5.74, 6) is 0.999. The van der Waals surface area contributed by atoms with Crippen molar-refractivity contribution >= 4 is 5.96 Å². The molecule has 0 saturated heterocycles. The second kappa shape index (κ2) is 7.63. The summed E-state index contributed by atoms with van der Waals surface area (Å²) < 4.78 is 5.81. The van der Waals surface area contributed by atoms with Gasteiger partial charge in [0.2, 0.25) is 5.88 Å². The minimum Gasteiger partial charge on any atom is -0.473 e. The third-order valence-corrected chi connectivity index (χ3v) is 2.99. The van der Waals surface area contributed by atoms with Gasteiger partial charge < -0.3 is 15.8 Å². The molecule has 0 fully saturated rings. The summed E-state index contributed by atoms with van der Waals surface area (Å²) in [6, 6.07) is 13.8. The Kier molecular flexibility index (Phi) is 5.57. The van der Waals surface area contributed by atoms with E-state index in [2.05, 4.69) is 15.3 Å². The van der Waals surface area contributed by atoms with E-state index in [1.165, 1.54) is 0 Å². The topological polar surface area (TPSA) is 72.5 Å². The summed E-state index contributed by atoms with van der Waals surface area (Å²) in [6.07, 6.45) is 1.71. The van der Waals surface area contributed by atoms with Crippen LogP contribution in [-0.4, -0.2) is 16.5 Å². The second-order valence-corrected chi connectivity index (χ2v) is 6.32. The lowest BCUT2D eigenvalue weighted by Crippen LogP contribution is -2.44. The molecule has 0 radical (unpaired) electrons. The molecule has 0 amide bonds. The number of rotatable bonds is 5. The molecule has 23 heavy (non-hydrogen) atoms. The van der Waals surface area contributed by atoms with Gasteiger partial charge in [-0.15, -0.1) is 0 Å². The molecule has 0 atom stereocenters. The Hall–Kier alpha value is -2.56. The van der Waals surface area contributed by atoms with Crippen molar-refractivity contribution in [3.05, 3.63) is 59.8 Å². The van der Waals surface area contributed by atoms with Gasteiger partial charge in [-0.1, -0.05) is 36.4 Å². The van der Waals surface area contributed by atoms with Gasteiger partial charge in [0.25, 0.3) is 0 Å². The van der Waals surface area contributed by atoms with Crippen LogP contribution in [0.1, 0.15) is 31.9 Å². The Balaban J connectivity index is 2.01. The third kappa shape index (κ3) is 5.98. The van der Waals surface area contributed by atoms with Crippen molar-refractivity contribution in [3.63, 3.8) is 0 Å². The van der Waals surface area contributed by atoms with Crippen LogP contribution in [0, 0.1) is 0 Å². The number of nitrogens with zero attached hydrogens (tertiary/aromatic N) is 2. The van der Waals surface area contributed by atoms with Gasteiger partial charge in [-0.25, -0.2) is 9.98 Å². The zero-order valence-corrected chi connectivity index (χ0v) is 13.9. The first-order chi connectivity index (χ1) is 10.9. The Morgan fingerprint density at radius 2 is 1.91 bits per heavy atom. The number of nitrogens with two attached hydrogens (primary N) is 1. The molecule has 0 aliphatic heterocycles. The summed E-state index contributed by atoms with van der Waals surface area (Å²) in [7, 11) is 0. The van der Waals surface area contributed by atoms with Crippen molar-refractivity contribution in [1.29, 1.82) is 0 Å². The molecule has 0 aliphatic carbocycles. The van der Waals surface area contributed by atoms with Crippen LogP contribution in [0.5, 0.6) is 5.88 Å². The Labute approximate surface area is 137 Å². The molecule has 5 heteroatoms. The van der Waals surface area contributed by atoms with E-state index < -0.39 is 0 Å². The Morgan fingerprint density at radius 3 is 2.61 bits per heavy atom. The van der Waals surface area contributed by atoms with E-state index in [0.29, 0.717) is 25.0 Å². The lowest BCUT2D eigenvalue weighted by molar-refractivity contribution is 0.290. The van der Waals surface area contributed by atoms with Gasteiger partial charge in [-0.05, 0) is 32.4 Å². The number of aromatic nitrogens is 1. The maximum atomic E-state index is 5.90. The van der Waals surface area contributed by atoms with E-state index >= 15 is 0 Å². The lowest BCUT2D eigenvalue weighted by Gasteiger charge is -2.21. The van der Waals surface area contributed by atoms with E-state index in [-0.39, 0.29) is 5.54 Å². The fourth-order valence-electron chi connectivity index (χ4n) is 1.99. The molecule has 2 rings (SSSR count). The van der Waals surface area contributed by atoms with E-state index in [1.54, 1.807) is 6.20 Å². The van der Waals surface area contributed by atoms with Crippen molar-refractivity contribution in [2.75, 3.05) is 0 Å². The average Bonchev–Trinajstić information content (AvgIpc) is 2.51. The highest BCUT2D eigenvalue weighted by Crippen LogP contribution is 2.17. The second-order valence-electron chi connectivity index (χ2n) is 6.32. The van der Waals surface area contributed by atoms with E-state index in [9.17, 15) is 0 Å². The van der Waals surface area contributed by atoms with Crippen molar-refractivity contribution in [3.8, 4) is 5.88 Å². The first-order valence-electron chi connectivity index (χ1n) is 7.63. The molecule has 0 spiro atoms. The monoisotopic (exact) mass is 312 g/mol. The van der Waals surface area contributed by atoms with Crippen LogP contribution < -0.4 is 15.8 Å². The molecule has 0 unspecified atom stereocenters. The van der Waals surface area contributed by atoms with Gasteiger partial charge in [0, 0.05) is 17.3 Å². The van der Waals surface area contributed by atoms with Gasteiger partial charge in [0.05, 0.1) is 6.54 Å². The van der Waals surface area contributed by atoms with Gasteiger partial charge >= 0.3 is 0 Å². The van der Waals surface area contributed by atoms with Crippen LogP contribution >= 0.6 is 0 Å². The predicted octanol–water partition coefficient (Wildman–Crippen LogP) is 2.86. The highest BCUT2D eigenvalue weighted by Gasteiger charge is 2.10. The molecule has 1 aromatic carbocycles. The maximum Gasteiger partial charge on any atom is 0.218 e. The quantitative estimate of drug-likeness (QED) is 0.658. The van der Waals surface area contributed by atoms with Crippen molar-refractivity contribution < 1.29 is 4.74 Å². The van der Waals surface area contributed by atoms with Crippen molar-refractivity contribution in [2.24, 2.45) is 10.7 Å². The van der Waals surface area contributed by atoms with E-state index in [4.69, 9.17) is 10.5 Å². The number of hydrogen-bond acceptors (Lipinski definition) is 3. The summed E-state index contributed by atoms with van der Waals surface area (Å²) in [5.41, 5.74) is 7.79. The summed E-state index contributed by atoms with van der Waals surface area (Å²) >= 11 is 0. The molecule has 3 N–H and O–H groups in total. The van der Waals surface area contributed by atoms with Crippen molar-refractivity contribution in [1.82, 2.24) is 10.3 Å². The van der Waals surface area contributed by atoms with Crippen LogP contribution in [0.15, 0.2) is 53.7 Å². The van der Waals surface area contributed by atoms with Crippen LogP contribution in [-0.2, 0) is 13.2 Å². The number of benzene rings is 1. The molecule has 0 saturated carbocycles. The van der Waals surface area contributed by atoms with Gasteiger partial charge in [0.1, 0.15) is 6.61 Å². The fraction of sp³-hybridized carbons (Fsp3) is 0.333. The zero-order valence-electron chi connectivity index (χ0n) is 13.9. The predicted molar refractivity (Wildman–Crippen MR) is 93.2 cm³/mol. The molecule has 0 bridgehead atoms. The molecule has 2 aromatic rings. The van der Waals surface area contributed by atoms with Gasteiger partial charge in [0.15, 0.2) is 5.96 Å². The van der Waals surface area contributed by atoms with Crippen LogP contribution in [0.3, 0.4) is 0 Å². The number of nitrogens with one attached hydrogen (secondary N) is 1. The average molecular weight is 312 g/mol. The minimum absolute atomic E-state index is 0.116. The van der Waals surface area contributed by atoms with Gasteiger partial charge in [-0.3, -0.25) is 0 Å². The molecule has 1 heterocycles. The van der Waals surface area contributed by atoms with Crippen molar-refractivity contribution in [2.45, 2.75) is 39.5 Å². The molecule has 5 nitrogen and oxygen atoms in total. The fourth-order valence-corrected chi connectivity index (χ4v) is 1.99. The number of hydrogen-bond donors (Lipinski definition) is 2. The zero-order chi connectivity index (χ0) is 16.7. The molecular formula is C18H24N4O. The van der Waals surface area contributed by atoms with E-state index in [0.717, 1.165) is 11.1 Å². The number of pyridine rings is 1. The van der Waals surface area contributed by atoms with Crippen LogP contribution in [0.4, 0.5) is 0 Å².